The largest absolute Gasteiger partial charge is 0.305 e. The summed E-state index contributed by atoms with van der Waals surface area (Å²) in [6.45, 7) is 0.552. The number of hydrogen-bond donors (Lipinski definition) is 0. The van der Waals surface area contributed by atoms with Gasteiger partial charge in [-0.25, -0.2) is 8.42 Å². The molecular weight excluding hydrogens is 319 g/mol. The predicted molar refractivity (Wildman–Crippen MR) is 79.4 cm³/mol. The van der Waals surface area contributed by atoms with Gasteiger partial charge >= 0.3 is 5.69 Å². The molecule has 9 heteroatoms. The van der Waals surface area contributed by atoms with Gasteiger partial charge in [0.05, 0.1) is 4.92 Å². The van der Waals surface area contributed by atoms with Gasteiger partial charge in [-0.3, -0.25) is 15.0 Å². The molecule has 0 aromatic heterocycles. The molecule has 116 valence electrons. The molecule has 0 aliphatic carbocycles. The highest BCUT2D eigenvalue weighted by Crippen LogP contribution is 2.26. The van der Waals surface area contributed by atoms with Crippen LogP contribution in [0.4, 0.5) is 10.1 Å². The quantitative estimate of drug-likeness (QED) is 0.615. The lowest BCUT2D eigenvalue weighted by Gasteiger charge is -2.33. The molecule has 1 aromatic carbocycles. The smallest absolute Gasteiger partial charge is 0.281 e. The molecule has 1 aliphatic rings. The zero-order valence-corrected chi connectivity index (χ0v) is 13.0. The number of sulfone groups is 1. The van der Waals surface area contributed by atoms with E-state index in [4.69, 9.17) is 0 Å². The van der Waals surface area contributed by atoms with E-state index in [1.807, 2.05) is 0 Å². The Balaban J connectivity index is 2.28. The minimum absolute atomic E-state index is 0.0474. The average molecular weight is 334 g/mol. The minimum Gasteiger partial charge on any atom is -0.281 e. The van der Waals surface area contributed by atoms with Gasteiger partial charge in [0, 0.05) is 42.5 Å². The SMILES string of the molecule is CS(=O)(=O)C1CSCCN1Cc1cccc([N+](=O)[O-])c1F. The molecule has 1 atom stereocenters. The molecule has 1 aromatic rings. The first kappa shape index (κ1) is 16.2. The third-order valence-electron chi connectivity index (χ3n) is 3.31. The van der Waals surface area contributed by atoms with E-state index in [1.165, 1.54) is 23.9 Å². The Bertz CT molecular complexity index is 651. The molecule has 0 N–H and O–H groups in total. The summed E-state index contributed by atoms with van der Waals surface area (Å²) in [5, 5.41) is 10.1. The number of nitro groups is 1. The normalized spacial score (nSPS) is 20.4. The van der Waals surface area contributed by atoms with Gasteiger partial charge in [0.1, 0.15) is 5.37 Å². The monoisotopic (exact) mass is 334 g/mol. The van der Waals surface area contributed by atoms with Gasteiger partial charge in [0.25, 0.3) is 0 Å². The summed E-state index contributed by atoms with van der Waals surface area (Å²) in [4.78, 5) is 11.6. The van der Waals surface area contributed by atoms with Gasteiger partial charge in [-0.05, 0) is 0 Å². The average Bonchev–Trinajstić information content (AvgIpc) is 2.40. The summed E-state index contributed by atoms with van der Waals surface area (Å²) < 4.78 is 37.7. The lowest BCUT2D eigenvalue weighted by Crippen LogP contribution is -2.46. The van der Waals surface area contributed by atoms with Crippen molar-refractivity contribution in [3.8, 4) is 0 Å². The highest BCUT2D eigenvalue weighted by atomic mass is 32.2. The maximum atomic E-state index is 14.1. The van der Waals surface area contributed by atoms with Gasteiger partial charge in [0.15, 0.2) is 9.84 Å². The number of nitrogens with zero attached hydrogens (tertiary/aromatic N) is 2. The van der Waals surface area contributed by atoms with Crippen molar-refractivity contribution < 1.29 is 17.7 Å². The van der Waals surface area contributed by atoms with Gasteiger partial charge in [0.2, 0.25) is 5.82 Å². The zero-order valence-electron chi connectivity index (χ0n) is 11.4. The van der Waals surface area contributed by atoms with Crippen LogP contribution in [-0.2, 0) is 16.4 Å². The molecule has 0 saturated carbocycles. The fourth-order valence-corrected chi connectivity index (χ4v) is 5.18. The van der Waals surface area contributed by atoms with E-state index in [1.54, 1.807) is 4.90 Å². The summed E-state index contributed by atoms with van der Waals surface area (Å²) in [5.74, 6) is 0.283. The van der Waals surface area contributed by atoms with Crippen LogP contribution in [0.5, 0.6) is 0 Å². The van der Waals surface area contributed by atoms with Crippen LogP contribution in [0.15, 0.2) is 18.2 Å². The van der Waals surface area contributed by atoms with E-state index in [-0.39, 0.29) is 12.1 Å². The number of halogens is 1. The number of hydrogen-bond acceptors (Lipinski definition) is 6. The van der Waals surface area contributed by atoms with Crippen molar-refractivity contribution in [2.24, 2.45) is 0 Å². The third kappa shape index (κ3) is 3.72. The molecule has 1 unspecified atom stereocenters. The molecule has 1 fully saturated rings. The van der Waals surface area contributed by atoms with Gasteiger partial charge in [-0.1, -0.05) is 12.1 Å². The Morgan fingerprint density at radius 3 is 2.86 bits per heavy atom. The predicted octanol–water partition coefficient (Wildman–Crippen LogP) is 1.65. The van der Waals surface area contributed by atoms with Crippen molar-refractivity contribution in [2.45, 2.75) is 11.9 Å². The van der Waals surface area contributed by atoms with E-state index >= 15 is 0 Å². The molecule has 1 heterocycles. The Kier molecular flexibility index (Phi) is 4.84. The fraction of sp³-hybridized carbons (Fsp3) is 0.500. The van der Waals surface area contributed by atoms with Crippen molar-refractivity contribution >= 4 is 27.3 Å². The first-order valence-electron chi connectivity index (χ1n) is 6.23. The first-order chi connectivity index (χ1) is 9.80. The second-order valence-electron chi connectivity index (χ2n) is 4.84. The molecule has 1 saturated heterocycles. The summed E-state index contributed by atoms with van der Waals surface area (Å²) in [6, 6.07) is 3.95. The number of nitro benzene ring substituents is 1. The molecule has 6 nitrogen and oxygen atoms in total. The molecular formula is C12H15FN2O4S2. The van der Waals surface area contributed by atoms with Crippen molar-refractivity contribution in [3.63, 3.8) is 0 Å². The third-order valence-corrected chi connectivity index (χ3v) is 6.00. The maximum Gasteiger partial charge on any atom is 0.305 e. The van der Waals surface area contributed by atoms with E-state index in [2.05, 4.69) is 0 Å². The molecule has 1 aliphatic heterocycles. The number of rotatable bonds is 4. The number of benzene rings is 1. The van der Waals surface area contributed by atoms with E-state index in [0.717, 1.165) is 18.1 Å². The van der Waals surface area contributed by atoms with E-state index < -0.39 is 31.6 Å². The van der Waals surface area contributed by atoms with Crippen LogP contribution in [0.3, 0.4) is 0 Å². The molecule has 2 rings (SSSR count). The summed E-state index contributed by atoms with van der Waals surface area (Å²) in [7, 11) is -3.29. The van der Waals surface area contributed by atoms with Crippen LogP contribution in [0.2, 0.25) is 0 Å². The van der Waals surface area contributed by atoms with Crippen LogP contribution in [0.25, 0.3) is 0 Å². The standard InChI is InChI=1S/C12H15FN2O4S2/c1-21(18,19)11-8-20-6-5-14(11)7-9-3-2-4-10(12(9)13)15(16)17/h2-4,11H,5-8H2,1H3. The summed E-state index contributed by atoms with van der Waals surface area (Å²) >= 11 is 1.53. The lowest BCUT2D eigenvalue weighted by atomic mass is 10.1. The van der Waals surface area contributed by atoms with Crippen LogP contribution in [-0.4, -0.2) is 47.9 Å². The molecule has 21 heavy (non-hydrogen) atoms. The first-order valence-corrected chi connectivity index (χ1v) is 9.34. The zero-order chi connectivity index (χ0) is 15.6. The molecule has 0 radical (unpaired) electrons. The Hall–Kier alpha value is -1.19. The van der Waals surface area contributed by atoms with Gasteiger partial charge < -0.3 is 0 Å². The molecule has 0 bridgehead atoms. The van der Waals surface area contributed by atoms with Crippen LogP contribution < -0.4 is 0 Å². The second-order valence-corrected chi connectivity index (χ2v) is 8.19. The summed E-state index contributed by atoms with van der Waals surface area (Å²) in [5.41, 5.74) is -0.445. The Morgan fingerprint density at radius 2 is 2.24 bits per heavy atom. The van der Waals surface area contributed by atoms with E-state index in [0.29, 0.717) is 12.3 Å². The van der Waals surface area contributed by atoms with Crippen molar-refractivity contribution in [1.29, 1.82) is 0 Å². The maximum absolute atomic E-state index is 14.1. The fourth-order valence-electron chi connectivity index (χ4n) is 2.24. The van der Waals surface area contributed by atoms with Crippen molar-refractivity contribution in [1.82, 2.24) is 4.90 Å². The topological polar surface area (TPSA) is 80.5 Å². The van der Waals surface area contributed by atoms with Gasteiger partial charge in [-0.15, -0.1) is 0 Å². The minimum atomic E-state index is -3.29. The van der Waals surface area contributed by atoms with Crippen LogP contribution >= 0.6 is 11.8 Å². The van der Waals surface area contributed by atoms with Crippen molar-refractivity contribution in [3.05, 3.63) is 39.7 Å². The highest BCUT2D eigenvalue weighted by molar-refractivity contribution is 8.00. The Labute approximate surface area is 126 Å². The highest BCUT2D eigenvalue weighted by Gasteiger charge is 2.32. The molecule has 0 spiro atoms. The lowest BCUT2D eigenvalue weighted by molar-refractivity contribution is -0.387. The van der Waals surface area contributed by atoms with Crippen LogP contribution in [0, 0.1) is 15.9 Å². The Morgan fingerprint density at radius 1 is 1.52 bits per heavy atom. The second kappa shape index (κ2) is 6.29. The van der Waals surface area contributed by atoms with E-state index in [9.17, 15) is 22.9 Å². The molecule has 0 amide bonds. The van der Waals surface area contributed by atoms with Gasteiger partial charge in [-0.2, -0.15) is 16.2 Å². The van der Waals surface area contributed by atoms with Crippen LogP contribution in [0.1, 0.15) is 5.56 Å². The summed E-state index contributed by atoms with van der Waals surface area (Å²) in [6.07, 6.45) is 1.15. The number of thioether (sulfide) groups is 1. The van der Waals surface area contributed by atoms with Crippen molar-refractivity contribution in [2.75, 3.05) is 24.3 Å².